The van der Waals surface area contributed by atoms with Crippen molar-refractivity contribution in [3.63, 3.8) is 0 Å². The Labute approximate surface area is 234 Å². The van der Waals surface area contributed by atoms with Crippen LogP contribution in [0.2, 0.25) is 0 Å². The van der Waals surface area contributed by atoms with Crippen LogP contribution in [-0.2, 0) is 36.9 Å². The number of para-hydroxylation sites is 1. The number of fused-ring (bicyclic) bond motifs is 1. The lowest BCUT2D eigenvalue weighted by molar-refractivity contribution is -0.145. The van der Waals surface area contributed by atoms with Crippen molar-refractivity contribution in [3.05, 3.63) is 65.7 Å². The van der Waals surface area contributed by atoms with Gasteiger partial charge < -0.3 is 25.4 Å². The molecule has 2 aliphatic heterocycles. The molecule has 2 aromatic rings. The number of methoxy groups -OCH3 is 1. The van der Waals surface area contributed by atoms with E-state index in [0.717, 1.165) is 42.7 Å². The van der Waals surface area contributed by atoms with Crippen molar-refractivity contribution in [1.29, 1.82) is 0 Å². The van der Waals surface area contributed by atoms with Gasteiger partial charge in [-0.15, -0.1) is 0 Å². The lowest BCUT2D eigenvalue weighted by Gasteiger charge is -2.31. The Hall–Kier alpha value is -3.92. The largest absolute Gasteiger partial charge is 0.467 e. The zero-order valence-corrected chi connectivity index (χ0v) is 22.9. The smallest absolute Gasteiger partial charge is 0.407 e. The van der Waals surface area contributed by atoms with Crippen molar-refractivity contribution >= 4 is 29.6 Å². The van der Waals surface area contributed by atoms with Crippen LogP contribution in [0.4, 0.5) is 10.5 Å². The molecule has 0 unspecified atom stereocenters. The molecule has 0 bridgehead atoms. The standard InChI is InChI=1S/C30H38N4O6/c1-39-29(37)24(12-7-8-16-32-30(38)40-20-21-9-3-2-4-10-21)33-27(35)26-19-23-11-5-6-13-25(23)34(26)28(36)22-14-17-31-18-15-22/h2-6,9-11,13,22,24,26,31H,7-8,12,14-20H2,1H3,(H,32,38)(H,33,35)/t24-,26-/m0/s1. The number of anilines is 1. The van der Waals surface area contributed by atoms with Crippen LogP contribution in [0.25, 0.3) is 0 Å². The number of amides is 3. The number of ether oxygens (including phenoxy) is 2. The highest BCUT2D eigenvalue weighted by Gasteiger charge is 2.41. The molecule has 2 atom stereocenters. The van der Waals surface area contributed by atoms with E-state index in [9.17, 15) is 19.2 Å². The van der Waals surface area contributed by atoms with Crippen LogP contribution < -0.4 is 20.9 Å². The number of carbonyl (C=O) groups excluding carboxylic acids is 4. The molecule has 40 heavy (non-hydrogen) atoms. The molecular formula is C30H38N4O6. The molecule has 0 spiro atoms. The summed E-state index contributed by atoms with van der Waals surface area (Å²) in [6, 6.07) is 15.4. The summed E-state index contributed by atoms with van der Waals surface area (Å²) in [5.74, 6) is -1.12. The zero-order chi connectivity index (χ0) is 28.3. The Morgan fingerprint density at radius 2 is 1.73 bits per heavy atom. The van der Waals surface area contributed by atoms with E-state index in [2.05, 4.69) is 16.0 Å². The summed E-state index contributed by atoms with van der Waals surface area (Å²) in [7, 11) is 1.28. The highest BCUT2D eigenvalue weighted by molar-refractivity contribution is 6.05. The second kappa shape index (κ2) is 14.5. The van der Waals surface area contributed by atoms with Gasteiger partial charge in [0.1, 0.15) is 18.7 Å². The molecule has 1 saturated heterocycles. The van der Waals surface area contributed by atoms with E-state index in [1.807, 2.05) is 54.6 Å². The van der Waals surface area contributed by atoms with Crippen LogP contribution in [0, 0.1) is 5.92 Å². The third-order valence-corrected chi connectivity index (χ3v) is 7.41. The minimum absolute atomic E-state index is 0.0496. The van der Waals surface area contributed by atoms with Crippen molar-refractivity contribution in [3.8, 4) is 0 Å². The number of esters is 1. The van der Waals surface area contributed by atoms with Crippen molar-refractivity contribution in [2.45, 2.75) is 57.2 Å². The van der Waals surface area contributed by atoms with Crippen LogP contribution in [0.3, 0.4) is 0 Å². The molecule has 1 fully saturated rings. The molecule has 10 heteroatoms. The molecule has 2 aromatic carbocycles. The molecule has 3 amide bonds. The van der Waals surface area contributed by atoms with Crippen LogP contribution in [-0.4, -0.2) is 62.7 Å². The van der Waals surface area contributed by atoms with Gasteiger partial charge in [-0.1, -0.05) is 48.5 Å². The second-order valence-corrected chi connectivity index (χ2v) is 10.1. The highest BCUT2D eigenvalue weighted by atomic mass is 16.5. The maximum absolute atomic E-state index is 13.6. The van der Waals surface area contributed by atoms with Crippen LogP contribution in [0.1, 0.15) is 43.2 Å². The molecule has 214 valence electrons. The van der Waals surface area contributed by atoms with Crippen molar-refractivity contribution in [2.75, 3.05) is 31.6 Å². The first kappa shape index (κ1) is 29.1. The fourth-order valence-electron chi connectivity index (χ4n) is 5.23. The van der Waals surface area contributed by atoms with Crippen molar-refractivity contribution < 1.29 is 28.7 Å². The molecule has 0 aromatic heterocycles. The normalized spacial score (nSPS) is 17.4. The molecule has 0 radical (unpaired) electrons. The van der Waals surface area contributed by atoms with Crippen LogP contribution in [0.5, 0.6) is 0 Å². The number of carbonyl (C=O) groups is 4. The van der Waals surface area contributed by atoms with Gasteiger partial charge in [0.2, 0.25) is 11.8 Å². The molecule has 2 aliphatic rings. The van der Waals surface area contributed by atoms with E-state index in [0.29, 0.717) is 32.2 Å². The average Bonchev–Trinajstić information content (AvgIpc) is 3.39. The lowest BCUT2D eigenvalue weighted by Crippen LogP contribution is -2.54. The fourth-order valence-corrected chi connectivity index (χ4v) is 5.23. The summed E-state index contributed by atoms with van der Waals surface area (Å²) in [6.45, 7) is 2.09. The predicted molar refractivity (Wildman–Crippen MR) is 149 cm³/mol. The lowest BCUT2D eigenvalue weighted by atomic mass is 9.96. The Balaban J connectivity index is 1.29. The Bertz CT molecular complexity index is 1170. The topological polar surface area (TPSA) is 126 Å². The van der Waals surface area contributed by atoms with Crippen molar-refractivity contribution in [1.82, 2.24) is 16.0 Å². The minimum atomic E-state index is -0.859. The van der Waals surface area contributed by atoms with E-state index in [4.69, 9.17) is 9.47 Å². The SMILES string of the molecule is COC(=O)[C@H](CCCCNC(=O)OCc1ccccc1)NC(=O)[C@@H]1Cc2ccccc2N1C(=O)C1CCNCC1. The summed E-state index contributed by atoms with van der Waals surface area (Å²) in [6.07, 6.45) is 2.80. The number of benzene rings is 2. The van der Waals surface area contributed by atoms with E-state index in [1.54, 1.807) is 4.90 Å². The van der Waals surface area contributed by atoms with Gasteiger partial charge in [-0.25, -0.2) is 9.59 Å². The van der Waals surface area contributed by atoms with E-state index < -0.39 is 24.1 Å². The van der Waals surface area contributed by atoms with Gasteiger partial charge in [0.15, 0.2) is 0 Å². The maximum Gasteiger partial charge on any atom is 0.407 e. The van der Waals surface area contributed by atoms with Gasteiger partial charge >= 0.3 is 12.1 Å². The third-order valence-electron chi connectivity index (χ3n) is 7.41. The molecule has 0 saturated carbocycles. The van der Waals surface area contributed by atoms with Crippen LogP contribution >= 0.6 is 0 Å². The summed E-state index contributed by atoms with van der Waals surface area (Å²) in [5.41, 5.74) is 2.59. The van der Waals surface area contributed by atoms with Gasteiger partial charge in [0.25, 0.3) is 0 Å². The predicted octanol–water partition coefficient (Wildman–Crippen LogP) is 2.70. The first-order valence-electron chi connectivity index (χ1n) is 13.9. The Morgan fingerprint density at radius 1 is 1.00 bits per heavy atom. The molecule has 2 heterocycles. The molecule has 4 rings (SSSR count). The summed E-state index contributed by atoms with van der Waals surface area (Å²) < 4.78 is 10.1. The number of alkyl carbamates (subject to hydrolysis) is 1. The summed E-state index contributed by atoms with van der Waals surface area (Å²) >= 11 is 0. The van der Waals surface area contributed by atoms with E-state index >= 15 is 0 Å². The van der Waals surface area contributed by atoms with Crippen LogP contribution in [0.15, 0.2) is 54.6 Å². The molecule has 0 aliphatic carbocycles. The number of nitrogens with one attached hydrogen (secondary N) is 3. The number of unbranched alkanes of at least 4 members (excludes halogenated alkanes) is 1. The van der Waals surface area contributed by atoms with Gasteiger partial charge in [-0.2, -0.15) is 0 Å². The number of piperidine rings is 1. The Morgan fingerprint density at radius 3 is 2.48 bits per heavy atom. The third kappa shape index (κ3) is 7.59. The molecular weight excluding hydrogens is 512 g/mol. The fraction of sp³-hybridized carbons (Fsp3) is 0.467. The van der Waals surface area contributed by atoms with Gasteiger partial charge in [-0.3, -0.25) is 14.5 Å². The maximum atomic E-state index is 13.6. The number of hydrogen-bond donors (Lipinski definition) is 3. The van der Waals surface area contributed by atoms with Gasteiger partial charge in [0, 0.05) is 24.6 Å². The molecule has 10 nitrogen and oxygen atoms in total. The first-order valence-corrected chi connectivity index (χ1v) is 13.9. The first-order chi connectivity index (χ1) is 19.5. The average molecular weight is 551 g/mol. The van der Waals surface area contributed by atoms with Gasteiger partial charge in [0.05, 0.1) is 7.11 Å². The number of nitrogens with zero attached hydrogens (tertiary/aromatic N) is 1. The summed E-state index contributed by atoms with van der Waals surface area (Å²) in [5, 5.41) is 8.81. The van der Waals surface area contributed by atoms with E-state index in [-0.39, 0.29) is 24.3 Å². The Kier molecular flexibility index (Phi) is 10.5. The monoisotopic (exact) mass is 550 g/mol. The molecule has 3 N–H and O–H groups in total. The zero-order valence-electron chi connectivity index (χ0n) is 22.9. The second-order valence-electron chi connectivity index (χ2n) is 10.1. The summed E-state index contributed by atoms with van der Waals surface area (Å²) in [4.78, 5) is 53.2. The highest BCUT2D eigenvalue weighted by Crippen LogP contribution is 2.34. The van der Waals surface area contributed by atoms with Crippen molar-refractivity contribution in [2.24, 2.45) is 5.92 Å². The van der Waals surface area contributed by atoms with E-state index in [1.165, 1.54) is 7.11 Å². The minimum Gasteiger partial charge on any atom is -0.467 e. The number of rotatable bonds is 11. The number of hydrogen-bond acceptors (Lipinski definition) is 7. The quantitative estimate of drug-likeness (QED) is 0.290. The van der Waals surface area contributed by atoms with Gasteiger partial charge in [-0.05, 0) is 62.4 Å².